The van der Waals surface area contributed by atoms with E-state index in [2.05, 4.69) is 31.7 Å². The maximum absolute atomic E-state index is 6.08. The molecule has 2 aromatic heterocycles. The minimum atomic E-state index is 0.337. The Morgan fingerprint density at radius 1 is 1.03 bits per heavy atom. The number of morpholine rings is 1. The van der Waals surface area contributed by atoms with Gasteiger partial charge < -0.3 is 19.4 Å². The molecule has 0 bridgehead atoms. The van der Waals surface area contributed by atoms with Crippen LogP contribution in [0.1, 0.15) is 12.8 Å². The van der Waals surface area contributed by atoms with Gasteiger partial charge in [0.1, 0.15) is 11.6 Å². The molecule has 5 rings (SSSR count). The fourth-order valence-corrected chi connectivity index (χ4v) is 4.41. The van der Waals surface area contributed by atoms with Crippen LogP contribution in [-0.4, -0.2) is 72.4 Å². The number of halogens is 1. The Labute approximate surface area is 186 Å². The van der Waals surface area contributed by atoms with Gasteiger partial charge in [-0.1, -0.05) is 11.6 Å². The Morgan fingerprint density at radius 2 is 1.90 bits per heavy atom. The van der Waals surface area contributed by atoms with Crippen LogP contribution in [-0.2, 0) is 4.74 Å². The maximum atomic E-state index is 6.08. The number of nitrogens with zero attached hydrogens (tertiary/aromatic N) is 7. The lowest BCUT2D eigenvalue weighted by Gasteiger charge is -2.38. The summed E-state index contributed by atoms with van der Waals surface area (Å²) in [5, 5.41) is 0.676. The van der Waals surface area contributed by atoms with Crippen molar-refractivity contribution in [3.8, 4) is 0 Å². The lowest BCUT2D eigenvalue weighted by molar-refractivity contribution is 0.122. The standard InChI is InChI=1S/C22H26ClN7O/c1-28(20-6-7-24-22(27-20)29-9-11-31-12-10-29)17-3-2-8-30(15-17)21-14-25-19-13-16(23)4-5-18(19)26-21/h4-7,13-14,17H,2-3,8-12,15H2,1H3. The maximum Gasteiger partial charge on any atom is 0.227 e. The smallest absolute Gasteiger partial charge is 0.227 e. The number of likely N-dealkylation sites (N-methyl/N-ethyl adjacent to an activating group) is 1. The predicted octanol–water partition coefficient (Wildman–Crippen LogP) is 3.02. The first-order chi connectivity index (χ1) is 15.2. The second-order valence-electron chi connectivity index (χ2n) is 8.03. The molecule has 4 heterocycles. The largest absolute Gasteiger partial charge is 0.378 e. The average molecular weight is 440 g/mol. The highest BCUT2D eigenvalue weighted by atomic mass is 35.5. The van der Waals surface area contributed by atoms with E-state index >= 15 is 0 Å². The van der Waals surface area contributed by atoms with E-state index in [9.17, 15) is 0 Å². The molecule has 0 aliphatic carbocycles. The zero-order chi connectivity index (χ0) is 21.2. The fraction of sp³-hybridized carbons (Fsp3) is 0.455. The van der Waals surface area contributed by atoms with Gasteiger partial charge in [-0.15, -0.1) is 0 Å². The molecule has 0 saturated carbocycles. The van der Waals surface area contributed by atoms with Gasteiger partial charge >= 0.3 is 0 Å². The summed E-state index contributed by atoms with van der Waals surface area (Å²) in [5.74, 6) is 2.63. The first kappa shape index (κ1) is 20.2. The molecule has 1 atom stereocenters. The third kappa shape index (κ3) is 4.36. The second kappa shape index (κ2) is 8.80. The predicted molar refractivity (Wildman–Crippen MR) is 123 cm³/mol. The molecule has 9 heteroatoms. The number of aromatic nitrogens is 4. The highest BCUT2D eigenvalue weighted by molar-refractivity contribution is 6.31. The van der Waals surface area contributed by atoms with Gasteiger partial charge in [-0.25, -0.2) is 9.97 Å². The summed E-state index contributed by atoms with van der Waals surface area (Å²) in [6.07, 6.45) is 5.91. The summed E-state index contributed by atoms with van der Waals surface area (Å²) in [4.78, 5) is 25.5. The molecule has 0 N–H and O–H groups in total. The van der Waals surface area contributed by atoms with E-state index in [4.69, 9.17) is 26.3 Å². The fourth-order valence-electron chi connectivity index (χ4n) is 4.24. The monoisotopic (exact) mass is 439 g/mol. The van der Waals surface area contributed by atoms with Crippen LogP contribution < -0.4 is 14.7 Å². The normalized spacial score (nSPS) is 19.6. The van der Waals surface area contributed by atoms with E-state index in [0.29, 0.717) is 11.1 Å². The van der Waals surface area contributed by atoms with Crippen molar-refractivity contribution in [2.75, 3.05) is 61.1 Å². The first-order valence-corrected chi connectivity index (χ1v) is 11.1. The molecule has 162 valence electrons. The molecular formula is C22H26ClN7O. The Hall–Kier alpha value is -2.71. The topological polar surface area (TPSA) is 70.5 Å². The van der Waals surface area contributed by atoms with Gasteiger partial charge in [0.15, 0.2) is 0 Å². The summed E-state index contributed by atoms with van der Waals surface area (Å²) in [5.41, 5.74) is 1.68. The molecule has 2 fully saturated rings. The molecule has 1 unspecified atom stereocenters. The van der Waals surface area contributed by atoms with Gasteiger partial charge in [0, 0.05) is 50.5 Å². The van der Waals surface area contributed by atoms with E-state index in [-0.39, 0.29) is 0 Å². The third-order valence-electron chi connectivity index (χ3n) is 6.04. The molecule has 31 heavy (non-hydrogen) atoms. The minimum Gasteiger partial charge on any atom is -0.378 e. The third-order valence-corrected chi connectivity index (χ3v) is 6.28. The molecule has 3 aromatic rings. The Bertz CT molecular complexity index is 1060. The van der Waals surface area contributed by atoms with Crippen LogP contribution in [0.2, 0.25) is 5.02 Å². The van der Waals surface area contributed by atoms with Crippen LogP contribution in [0.4, 0.5) is 17.6 Å². The Kier molecular flexibility index (Phi) is 5.74. The molecular weight excluding hydrogens is 414 g/mol. The van der Waals surface area contributed by atoms with E-state index in [1.54, 1.807) is 0 Å². The van der Waals surface area contributed by atoms with Crippen molar-refractivity contribution >= 4 is 40.2 Å². The van der Waals surface area contributed by atoms with Gasteiger partial charge in [0.2, 0.25) is 5.95 Å². The van der Waals surface area contributed by atoms with Crippen molar-refractivity contribution in [1.82, 2.24) is 19.9 Å². The summed E-state index contributed by atoms with van der Waals surface area (Å²) < 4.78 is 5.45. The van der Waals surface area contributed by atoms with Gasteiger partial charge in [-0.3, -0.25) is 4.98 Å². The SMILES string of the molecule is CN(c1ccnc(N2CCOCC2)n1)C1CCCN(c2cnc3cc(Cl)ccc3n2)C1. The Morgan fingerprint density at radius 3 is 2.77 bits per heavy atom. The highest BCUT2D eigenvalue weighted by Crippen LogP contribution is 2.25. The molecule has 2 saturated heterocycles. The molecule has 0 amide bonds. The van der Waals surface area contributed by atoms with Crippen molar-refractivity contribution in [2.45, 2.75) is 18.9 Å². The number of fused-ring (bicyclic) bond motifs is 1. The summed E-state index contributed by atoms with van der Waals surface area (Å²) in [6.45, 7) is 4.95. The molecule has 0 radical (unpaired) electrons. The number of benzene rings is 1. The number of anilines is 3. The number of rotatable bonds is 4. The van der Waals surface area contributed by atoms with Crippen LogP contribution in [0.25, 0.3) is 11.0 Å². The number of hydrogen-bond donors (Lipinski definition) is 0. The van der Waals surface area contributed by atoms with Crippen molar-refractivity contribution < 1.29 is 4.74 Å². The summed E-state index contributed by atoms with van der Waals surface area (Å²) >= 11 is 6.08. The lowest BCUT2D eigenvalue weighted by Crippen LogP contribution is -2.47. The Balaban J connectivity index is 1.32. The van der Waals surface area contributed by atoms with Crippen molar-refractivity contribution in [1.29, 1.82) is 0 Å². The van der Waals surface area contributed by atoms with Crippen LogP contribution in [0.15, 0.2) is 36.7 Å². The number of hydrogen-bond acceptors (Lipinski definition) is 8. The van der Waals surface area contributed by atoms with Crippen molar-refractivity contribution in [3.05, 3.63) is 41.7 Å². The minimum absolute atomic E-state index is 0.337. The van der Waals surface area contributed by atoms with Crippen LogP contribution in [0, 0.1) is 0 Å². The average Bonchev–Trinajstić information content (AvgIpc) is 2.84. The van der Waals surface area contributed by atoms with E-state index < -0.39 is 0 Å². The van der Waals surface area contributed by atoms with Gasteiger partial charge in [0.05, 0.1) is 30.4 Å². The molecule has 8 nitrogen and oxygen atoms in total. The van der Waals surface area contributed by atoms with Crippen LogP contribution in [0.3, 0.4) is 0 Å². The van der Waals surface area contributed by atoms with E-state index in [1.165, 1.54) is 0 Å². The van der Waals surface area contributed by atoms with Crippen molar-refractivity contribution in [3.63, 3.8) is 0 Å². The van der Waals surface area contributed by atoms with Crippen LogP contribution >= 0.6 is 11.6 Å². The second-order valence-corrected chi connectivity index (χ2v) is 8.46. The number of piperidine rings is 1. The van der Waals surface area contributed by atoms with E-state index in [0.717, 1.165) is 80.9 Å². The zero-order valence-electron chi connectivity index (χ0n) is 17.6. The molecule has 2 aliphatic heterocycles. The lowest BCUT2D eigenvalue weighted by atomic mass is 10.0. The van der Waals surface area contributed by atoms with E-state index in [1.807, 2.05) is 36.7 Å². The zero-order valence-corrected chi connectivity index (χ0v) is 18.4. The van der Waals surface area contributed by atoms with Gasteiger partial charge in [-0.05, 0) is 37.1 Å². The molecule has 2 aliphatic rings. The van der Waals surface area contributed by atoms with Gasteiger partial charge in [0.25, 0.3) is 0 Å². The van der Waals surface area contributed by atoms with Gasteiger partial charge in [-0.2, -0.15) is 4.98 Å². The summed E-state index contributed by atoms with van der Waals surface area (Å²) in [7, 11) is 2.12. The van der Waals surface area contributed by atoms with Crippen LogP contribution in [0.5, 0.6) is 0 Å². The molecule has 0 spiro atoms. The quantitative estimate of drug-likeness (QED) is 0.614. The number of ether oxygens (including phenoxy) is 1. The molecule has 1 aromatic carbocycles. The summed E-state index contributed by atoms with van der Waals surface area (Å²) in [6, 6.07) is 7.96. The first-order valence-electron chi connectivity index (χ1n) is 10.7. The van der Waals surface area contributed by atoms with Crippen molar-refractivity contribution in [2.24, 2.45) is 0 Å². The highest BCUT2D eigenvalue weighted by Gasteiger charge is 2.26.